The van der Waals surface area contributed by atoms with Crippen molar-refractivity contribution in [2.45, 2.75) is 18.7 Å². The lowest BCUT2D eigenvalue weighted by molar-refractivity contribution is 0.145. The van der Waals surface area contributed by atoms with Crippen molar-refractivity contribution in [3.63, 3.8) is 0 Å². The van der Waals surface area contributed by atoms with Gasteiger partial charge in [-0.15, -0.1) is 0 Å². The third kappa shape index (κ3) is 5.34. The van der Waals surface area contributed by atoms with Crippen molar-refractivity contribution in [3.05, 3.63) is 70.5 Å². The number of hydrogen-bond donors (Lipinski definition) is 3. The van der Waals surface area contributed by atoms with E-state index in [1.165, 1.54) is 30.5 Å². The highest BCUT2D eigenvalue weighted by molar-refractivity contribution is 7.92. The molecule has 0 aliphatic heterocycles. The van der Waals surface area contributed by atoms with E-state index >= 15 is 0 Å². The van der Waals surface area contributed by atoms with Gasteiger partial charge in [-0.1, -0.05) is 26.0 Å². The van der Waals surface area contributed by atoms with Crippen molar-refractivity contribution in [2.75, 3.05) is 24.4 Å². The number of aromatic amines is 1. The lowest BCUT2D eigenvalue weighted by Gasteiger charge is -2.16. The van der Waals surface area contributed by atoms with Crippen LogP contribution in [-0.2, 0) is 10.0 Å². The van der Waals surface area contributed by atoms with Crippen molar-refractivity contribution >= 4 is 49.8 Å². The van der Waals surface area contributed by atoms with Gasteiger partial charge in [0.15, 0.2) is 11.3 Å². The lowest BCUT2D eigenvalue weighted by Crippen LogP contribution is -2.22. The summed E-state index contributed by atoms with van der Waals surface area (Å²) in [7, 11) is -4.36. The number of carbonyl (C=O) groups is 1. The van der Waals surface area contributed by atoms with Crippen LogP contribution < -0.4 is 15.0 Å². The number of fused-ring (bicyclic) bond motifs is 3. The van der Waals surface area contributed by atoms with Crippen LogP contribution in [0.25, 0.3) is 27.9 Å². The van der Waals surface area contributed by atoms with Crippen LogP contribution in [0, 0.1) is 5.82 Å². The van der Waals surface area contributed by atoms with E-state index < -0.39 is 33.3 Å². The molecule has 0 aliphatic carbocycles. The molecule has 0 radical (unpaired) electrons. The summed E-state index contributed by atoms with van der Waals surface area (Å²) in [6.07, 6.45) is 2.83. The molecule has 0 spiro atoms. The summed E-state index contributed by atoms with van der Waals surface area (Å²) in [5, 5.41) is 10.1. The maximum atomic E-state index is 14.0. The number of furan rings is 1. The Balaban J connectivity index is 1.80. The maximum absolute atomic E-state index is 14.0. The van der Waals surface area contributed by atoms with Crippen molar-refractivity contribution in [1.82, 2.24) is 9.88 Å². The number of ether oxygens (including phenoxy) is 1. The molecular weight excluding hydrogens is 505 g/mol. The van der Waals surface area contributed by atoms with Gasteiger partial charge >= 0.3 is 6.16 Å². The van der Waals surface area contributed by atoms with Crippen LogP contribution in [-0.4, -0.2) is 49.2 Å². The topological polar surface area (TPSA) is 142 Å². The summed E-state index contributed by atoms with van der Waals surface area (Å²) < 4.78 is 53.2. The Morgan fingerprint density at radius 1 is 1.19 bits per heavy atom. The summed E-state index contributed by atoms with van der Waals surface area (Å²) in [4.78, 5) is 28.2. The van der Waals surface area contributed by atoms with Gasteiger partial charge in [-0.3, -0.25) is 9.52 Å². The van der Waals surface area contributed by atoms with Crippen LogP contribution in [0.2, 0.25) is 0 Å². The highest BCUT2D eigenvalue weighted by atomic mass is 32.2. The molecule has 2 aromatic heterocycles. The number of likely N-dealkylation sites (N-methyl/N-ethyl adjacent to an activating group) is 1. The number of hydrogen-bond acceptors (Lipinski definition) is 7. The summed E-state index contributed by atoms with van der Waals surface area (Å²) in [6.45, 7) is 6.10. The predicted octanol–water partition coefficient (Wildman–Crippen LogP) is 4.63. The number of aromatic nitrogens is 1. The highest BCUT2D eigenvalue weighted by Gasteiger charge is 2.24. The zero-order valence-electron chi connectivity index (χ0n) is 19.9. The molecule has 0 saturated heterocycles. The first-order chi connectivity index (χ1) is 17.6. The van der Waals surface area contributed by atoms with Crippen molar-refractivity contribution in [3.8, 4) is 5.75 Å². The molecule has 0 unspecified atom stereocenters. The van der Waals surface area contributed by atoms with Gasteiger partial charge in [-0.05, 0) is 55.1 Å². The number of pyridine rings is 1. The first-order valence-corrected chi connectivity index (χ1v) is 12.8. The Hall–Kier alpha value is -4.16. The molecule has 2 heterocycles. The molecule has 37 heavy (non-hydrogen) atoms. The minimum absolute atomic E-state index is 0.0227. The van der Waals surface area contributed by atoms with Crippen LogP contribution in [0.5, 0.6) is 5.75 Å². The van der Waals surface area contributed by atoms with Crippen LogP contribution >= 0.6 is 0 Å². The van der Waals surface area contributed by atoms with Crippen molar-refractivity contribution in [1.29, 1.82) is 0 Å². The second-order valence-corrected chi connectivity index (χ2v) is 9.68. The number of nitrogens with one attached hydrogen (secondary N) is 2. The van der Waals surface area contributed by atoms with E-state index in [-0.39, 0.29) is 27.2 Å². The zero-order valence-corrected chi connectivity index (χ0v) is 20.8. The van der Waals surface area contributed by atoms with E-state index in [0.29, 0.717) is 17.3 Å². The molecule has 0 aliphatic rings. The van der Waals surface area contributed by atoms with E-state index in [1.54, 1.807) is 6.08 Å². The van der Waals surface area contributed by atoms with Crippen LogP contribution in [0.1, 0.15) is 19.4 Å². The van der Waals surface area contributed by atoms with Crippen LogP contribution in [0.3, 0.4) is 0 Å². The first-order valence-electron chi connectivity index (χ1n) is 11.3. The number of sulfonamides is 1. The Morgan fingerprint density at radius 3 is 2.65 bits per heavy atom. The summed E-state index contributed by atoms with van der Waals surface area (Å²) in [6, 6.07) is 7.54. The van der Waals surface area contributed by atoms with Gasteiger partial charge in [-0.2, -0.15) is 0 Å². The quantitative estimate of drug-likeness (QED) is 0.211. The van der Waals surface area contributed by atoms with Gasteiger partial charge in [-0.25, -0.2) is 17.6 Å². The monoisotopic (exact) mass is 529 g/mol. The molecule has 4 aromatic rings. The zero-order chi connectivity index (χ0) is 26.7. The average Bonchev–Trinajstić information content (AvgIpc) is 3.34. The number of carboxylic acid groups (broad SMARTS) is 1. The van der Waals surface area contributed by atoms with Crippen molar-refractivity contribution in [2.24, 2.45) is 0 Å². The van der Waals surface area contributed by atoms with Crippen LogP contribution in [0.15, 0.2) is 62.8 Å². The molecule has 10 nitrogen and oxygen atoms in total. The van der Waals surface area contributed by atoms with Gasteiger partial charge in [0, 0.05) is 17.3 Å². The van der Waals surface area contributed by atoms with E-state index in [2.05, 4.69) is 14.6 Å². The first kappa shape index (κ1) is 25.9. The normalized spacial score (nSPS) is 12.1. The predicted molar refractivity (Wildman–Crippen MR) is 137 cm³/mol. The third-order valence-electron chi connectivity index (χ3n) is 5.81. The average molecular weight is 530 g/mol. The Kier molecular flexibility index (Phi) is 7.32. The van der Waals surface area contributed by atoms with E-state index in [0.717, 1.165) is 31.3 Å². The number of halogens is 1. The maximum Gasteiger partial charge on any atom is 0.511 e. The van der Waals surface area contributed by atoms with Gasteiger partial charge in [0.2, 0.25) is 0 Å². The molecule has 3 N–H and O–H groups in total. The highest BCUT2D eigenvalue weighted by Crippen LogP contribution is 2.37. The molecule has 0 fully saturated rings. The minimum Gasteiger partial charge on any atom is -0.459 e. The fourth-order valence-corrected chi connectivity index (χ4v) is 5.22. The molecule has 2 aromatic carbocycles. The number of nitrogens with zero attached hydrogens (tertiary/aromatic N) is 1. The molecule has 194 valence electrons. The molecule has 0 amide bonds. The fourth-order valence-electron chi connectivity index (χ4n) is 3.98. The smallest absolute Gasteiger partial charge is 0.459 e. The second kappa shape index (κ2) is 10.4. The minimum atomic E-state index is -4.36. The molecule has 0 saturated carbocycles. The van der Waals surface area contributed by atoms with Gasteiger partial charge in [0.05, 0.1) is 22.4 Å². The molecule has 0 atom stereocenters. The lowest BCUT2D eigenvalue weighted by atomic mass is 10.1. The van der Waals surface area contributed by atoms with E-state index in [1.807, 2.05) is 13.8 Å². The van der Waals surface area contributed by atoms with Gasteiger partial charge in [0.25, 0.3) is 15.6 Å². The second-order valence-electron chi connectivity index (χ2n) is 8.03. The van der Waals surface area contributed by atoms with E-state index in [4.69, 9.17) is 9.15 Å². The molecule has 4 rings (SSSR count). The Bertz CT molecular complexity index is 1670. The number of benzene rings is 2. The molecular formula is C25H24FN3O7S. The molecule has 0 bridgehead atoms. The fraction of sp³-hybridized carbons (Fsp3) is 0.200. The van der Waals surface area contributed by atoms with Gasteiger partial charge in [0.1, 0.15) is 5.82 Å². The Labute approximate surface area is 211 Å². The SMILES string of the molecule is CCN(CC)C/C=C\c1cc(F)ccc1S(=O)(=O)Nc1ccc2c([nH]c(=O)c3occc32)c1OC(=O)O. The summed E-state index contributed by atoms with van der Waals surface area (Å²) in [5.74, 6) is -1.04. The third-order valence-corrected chi connectivity index (χ3v) is 7.25. The van der Waals surface area contributed by atoms with E-state index in [9.17, 15) is 27.5 Å². The number of anilines is 1. The van der Waals surface area contributed by atoms with Gasteiger partial charge < -0.3 is 24.1 Å². The number of H-pyrrole nitrogens is 1. The van der Waals surface area contributed by atoms with Crippen molar-refractivity contribution < 1.29 is 31.9 Å². The summed E-state index contributed by atoms with van der Waals surface area (Å²) in [5.41, 5.74) is -0.804. The Morgan fingerprint density at radius 2 is 1.95 bits per heavy atom. The molecule has 12 heteroatoms. The number of rotatable bonds is 9. The van der Waals surface area contributed by atoms with Crippen LogP contribution in [0.4, 0.5) is 14.9 Å². The summed E-state index contributed by atoms with van der Waals surface area (Å²) >= 11 is 0. The largest absolute Gasteiger partial charge is 0.511 e. The standard InChI is InChI=1S/C25H24FN3O7S/c1-3-29(4-2)12-5-6-15-14-16(26)7-10-20(15)37(33,34)28-19-9-8-17-18-11-13-35-22(18)24(30)27-21(17)23(19)36-25(31)32/h5-11,13-14,28H,3-4,12H2,1-2H3,(H,27,30)(H,31,32)/b6-5-.